The molecule has 0 fully saturated rings. The summed E-state index contributed by atoms with van der Waals surface area (Å²) in [5.41, 5.74) is 1.41. The average molecular weight is 276 g/mol. The standard InChI is InChI=1S/C11H9FN6S/c1-17-15-10(14-16-17)9-6-13-18(11(9)19)8-4-2-7(12)3-5-8/h2-6,13H,1H3. The number of nitrogens with one attached hydrogen (secondary N) is 1. The topological polar surface area (TPSA) is 64.3 Å². The van der Waals surface area contributed by atoms with E-state index in [1.807, 2.05) is 0 Å². The van der Waals surface area contributed by atoms with E-state index in [2.05, 4.69) is 20.5 Å². The Morgan fingerprint density at radius 1 is 1.26 bits per heavy atom. The third-order valence-electron chi connectivity index (χ3n) is 2.61. The van der Waals surface area contributed by atoms with Gasteiger partial charge < -0.3 is 0 Å². The van der Waals surface area contributed by atoms with Crippen LogP contribution >= 0.6 is 12.2 Å². The molecule has 3 rings (SSSR count). The van der Waals surface area contributed by atoms with Crippen molar-refractivity contribution >= 4 is 12.2 Å². The molecule has 0 aliphatic carbocycles. The number of aromatic nitrogens is 6. The zero-order valence-corrected chi connectivity index (χ0v) is 10.7. The molecule has 0 atom stereocenters. The number of hydrogen-bond donors (Lipinski definition) is 1. The molecule has 0 radical (unpaired) electrons. The highest BCUT2D eigenvalue weighted by atomic mass is 32.1. The first-order valence-electron chi connectivity index (χ1n) is 5.46. The Bertz CT molecular complexity index is 769. The van der Waals surface area contributed by atoms with Crippen LogP contribution in [0.2, 0.25) is 0 Å². The number of benzene rings is 1. The van der Waals surface area contributed by atoms with Crippen molar-refractivity contribution in [3.63, 3.8) is 0 Å². The molecule has 0 aliphatic rings. The van der Waals surface area contributed by atoms with Gasteiger partial charge in [0.2, 0.25) is 5.82 Å². The molecule has 1 N–H and O–H groups in total. The lowest BCUT2D eigenvalue weighted by molar-refractivity contribution is 0.627. The highest BCUT2D eigenvalue weighted by Crippen LogP contribution is 2.18. The Labute approximate surface area is 112 Å². The minimum atomic E-state index is -0.294. The van der Waals surface area contributed by atoms with Gasteiger partial charge in [-0.25, -0.2) is 9.07 Å². The van der Waals surface area contributed by atoms with Crippen LogP contribution in [0.5, 0.6) is 0 Å². The van der Waals surface area contributed by atoms with Gasteiger partial charge in [-0.1, -0.05) is 12.2 Å². The Morgan fingerprint density at radius 2 is 2.00 bits per heavy atom. The first-order chi connectivity index (χ1) is 9.15. The van der Waals surface area contributed by atoms with Crippen LogP contribution < -0.4 is 0 Å². The Hall–Kier alpha value is -2.35. The van der Waals surface area contributed by atoms with Crippen LogP contribution in [0.3, 0.4) is 0 Å². The molecule has 1 aromatic carbocycles. The van der Waals surface area contributed by atoms with Crippen molar-refractivity contribution in [1.29, 1.82) is 0 Å². The molecule has 96 valence electrons. The summed E-state index contributed by atoms with van der Waals surface area (Å²) in [7, 11) is 1.68. The van der Waals surface area contributed by atoms with Crippen molar-refractivity contribution < 1.29 is 4.39 Å². The van der Waals surface area contributed by atoms with Crippen molar-refractivity contribution in [1.82, 2.24) is 30.0 Å². The van der Waals surface area contributed by atoms with Crippen LogP contribution in [0.25, 0.3) is 17.1 Å². The minimum absolute atomic E-state index is 0.294. The largest absolute Gasteiger partial charge is 0.299 e. The van der Waals surface area contributed by atoms with Gasteiger partial charge in [-0.05, 0) is 29.5 Å². The summed E-state index contributed by atoms with van der Waals surface area (Å²) in [4.78, 5) is 1.36. The van der Waals surface area contributed by atoms with Gasteiger partial charge in [-0.3, -0.25) is 5.10 Å². The summed E-state index contributed by atoms with van der Waals surface area (Å²) in [5.74, 6) is 0.155. The van der Waals surface area contributed by atoms with Crippen molar-refractivity contribution in [2.45, 2.75) is 0 Å². The molecule has 0 saturated heterocycles. The zero-order chi connectivity index (χ0) is 13.4. The van der Waals surface area contributed by atoms with Crippen LogP contribution in [0.15, 0.2) is 30.5 Å². The number of aromatic amines is 1. The fraction of sp³-hybridized carbons (Fsp3) is 0.0909. The van der Waals surface area contributed by atoms with E-state index in [9.17, 15) is 4.39 Å². The van der Waals surface area contributed by atoms with E-state index in [0.29, 0.717) is 16.0 Å². The van der Waals surface area contributed by atoms with Crippen molar-refractivity contribution in [2.24, 2.45) is 7.05 Å². The molecule has 0 amide bonds. The van der Waals surface area contributed by atoms with Gasteiger partial charge in [-0.2, -0.15) is 4.80 Å². The van der Waals surface area contributed by atoms with E-state index in [-0.39, 0.29) is 5.82 Å². The molecule has 2 heterocycles. The Morgan fingerprint density at radius 3 is 2.63 bits per heavy atom. The molecule has 0 bridgehead atoms. The molecule has 2 aromatic heterocycles. The quantitative estimate of drug-likeness (QED) is 0.726. The maximum Gasteiger partial charge on any atom is 0.209 e. The number of tetrazole rings is 1. The predicted octanol–water partition coefficient (Wildman–Crippen LogP) is 1.86. The monoisotopic (exact) mass is 276 g/mol. The summed E-state index contributed by atoms with van der Waals surface area (Å²) < 4.78 is 15.1. The van der Waals surface area contributed by atoms with Gasteiger partial charge >= 0.3 is 0 Å². The van der Waals surface area contributed by atoms with Gasteiger partial charge in [0, 0.05) is 6.20 Å². The predicted molar refractivity (Wildman–Crippen MR) is 68.7 cm³/mol. The highest BCUT2D eigenvalue weighted by Gasteiger charge is 2.11. The summed E-state index contributed by atoms with van der Waals surface area (Å²) in [5, 5.41) is 14.8. The molecule has 0 spiro atoms. The number of nitrogens with zero attached hydrogens (tertiary/aromatic N) is 5. The number of hydrogen-bond acceptors (Lipinski definition) is 4. The molecular formula is C11H9FN6S. The van der Waals surface area contributed by atoms with E-state index >= 15 is 0 Å². The fourth-order valence-corrected chi connectivity index (χ4v) is 2.01. The van der Waals surface area contributed by atoms with E-state index < -0.39 is 0 Å². The Balaban J connectivity index is 2.08. The normalized spacial score (nSPS) is 10.8. The lowest BCUT2D eigenvalue weighted by Gasteiger charge is -2.01. The maximum absolute atomic E-state index is 12.9. The summed E-state index contributed by atoms with van der Waals surface area (Å²) in [6, 6.07) is 6.02. The number of rotatable bonds is 2. The maximum atomic E-state index is 12.9. The molecule has 0 aliphatic heterocycles. The second-order valence-electron chi connectivity index (χ2n) is 3.91. The second-order valence-corrected chi connectivity index (χ2v) is 4.29. The number of aryl methyl sites for hydroxylation is 1. The van der Waals surface area contributed by atoms with Gasteiger partial charge in [0.15, 0.2) is 0 Å². The second kappa shape index (κ2) is 4.39. The van der Waals surface area contributed by atoms with Crippen LogP contribution in [0.4, 0.5) is 4.39 Å². The average Bonchev–Trinajstić information content (AvgIpc) is 2.97. The lowest BCUT2D eigenvalue weighted by atomic mass is 10.3. The van der Waals surface area contributed by atoms with Crippen LogP contribution in [0, 0.1) is 10.5 Å². The first kappa shape index (κ1) is 11.7. The number of halogens is 1. The highest BCUT2D eigenvalue weighted by molar-refractivity contribution is 7.71. The minimum Gasteiger partial charge on any atom is -0.299 e. The van der Waals surface area contributed by atoms with Gasteiger partial charge in [0.25, 0.3) is 0 Å². The van der Waals surface area contributed by atoms with E-state index in [4.69, 9.17) is 12.2 Å². The molecule has 0 unspecified atom stereocenters. The third kappa shape index (κ3) is 2.06. The van der Waals surface area contributed by atoms with E-state index in [1.54, 1.807) is 30.1 Å². The zero-order valence-electron chi connectivity index (χ0n) is 9.91. The summed E-state index contributed by atoms with van der Waals surface area (Å²) in [6.07, 6.45) is 1.70. The molecule has 0 saturated carbocycles. The molecule has 8 heteroatoms. The van der Waals surface area contributed by atoms with Crippen LogP contribution in [-0.4, -0.2) is 30.0 Å². The van der Waals surface area contributed by atoms with E-state index in [1.165, 1.54) is 16.9 Å². The van der Waals surface area contributed by atoms with Gasteiger partial charge in [0.05, 0.1) is 18.3 Å². The lowest BCUT2D eigenvalue weighted by Crippen LogP contribution is -1.96. The fourth-order valence-electron chi connectivity index (χ4n) is 1.70. The van der Waals surface area contributed by atoms with Crippen LogP contribution in [0.1, 0.15) is 0 Å². The molecule has 3 aromatic rings. The third-order valence-corrected chi connectivity index (χ3v) is 3.01. The van der Waals surface area contributed by atoms with Crippen molar-refractivity contribution in [3.05, 3.63) is 40.9 Å². The van der Waals surface area contributed by atoms with E-state index in [0.717, 1.165) is 5.69 Å². The molecular weight excluding hydrogens is 267 g/mol. The summed E-state index contributed by atoms with van der Waals surface area (Å²) in [6.45, 7) is 0. The summed E-state index contributed by atoms with van der Waals surface area (Å²) >= 11 is 5.35. The van der Waals surface area contributed by atoms with Crippen molar-refractivity contribution in [3.8, 4) is 17.1 Å². The molecule has 6 nitrogen and oxygen atoms in total. The van der Waals surface area contributed by atoms with Gasteiger partial charge in [-0.15, -0.1) is 10.2 Å². The smallest absolute Gasteiger partial charge is 0.209 e. The SMILES string of the molecule is Cn1nnc(-c2c[nH]n(-c3ccc(F)cc3)c2=S)n1. The number of H-pyrrole nitrogens is 1. The van der Waals surface area contributed by atoms with Gasteiger partial charge in [0.1, 0.15) is 10.5 Å². The molecule has 19 heavy (non-hydrogen) atoms. The van der Waals surface area contributed by atoms with Crippen molar-refractivity contribution in [2.75, 3.05) is 0 Å². The Kier molecular flexibility index (Phi) is 2.71. The van der Waals surface area contributed by atoms with Crippen LogP contribution in [-0.2, 0) is 7.05 Å². The first-order valence-corrected chi connectivity index (χ1v) is 5.87.